The van der Waals surface area contributed by atoms with Crippen molar-refractivity contribution in [1.29, 1.82) is 0 Å². The molecular formula is C16H17NO. The molecule has 2 N–H and O–H groups in total. The molecule has 0 fully saturated rings. The Hall–Kier alpha value is -1.96. The maximum absolute atomic E-state index is 6.13. The highest BCUT2D eigenvalue weighted by Gasteiger charge is 2.16. The monoisotopic (exact) mass is 239 g/mol. The van der Waals surface area contributed by atoms with E-state index in [0.29, 0.717) is 0 Å². The lowest BCUT2D eigenvalue weighted by Crippen LogP contribution is -2.09. The smallest absolute Gasteiger partial charge is 0.130 e. The number of ether oxygens (including phenoxy) is 1. The number of fused-ring (bicyclic) bond motifs is 1. The molecule has 0 unspecified atom stereocenters. The van der Waals surface area contributed by atoms with Crippen LogP contribution in [0, 0.1) is 6.92 Å². The zero-order valence-corrected chi connectivity index (χ0v) is 10.6. The summed E-state index contributed by atoms with van der Waals surface area (Å²) in [6.45, 7) is 2.85. The van der Waals surface area contributed by atoms with Crippen molar-refractivity contribution in [2.24, 2.45) is 0 Å². The van der Waals surface area contributed by atoms with Gasteiger partial charge < -0.3 is 10.5 Å². The van der Waals surface area contributed by atoms with E-state index in [1.54, 1.807) is 0 Å². The van der Waals surface area contributed by atoms with E-state index in [1.807, 2.05) is 6.07 Å². The fourth-order valence-electron chi connectivity index (χ4n) is 2.53. The molecule has 2 heteroatoms. The van der Waals surface area contributed by atoms with Crippen LogP contribution in [0.2, 0.25) is 0 Å². The van der Waals surface area contributed by atoms with E-state index in [2.05, 4.69) is 37.3 Å². The van der Waals surface area contributed by atoms with Crippen molar-refractivity contribution in [2.75, 3.05) is 12.3 Å². The molecule has 92 valence electrons. The first-order chi connectivity index (χ1) is 8.75. The summed E-state index contributed by atoms with van der Waals surface area (Å²) >= 11 is 0. The van der Waals surface area contributed by atoms with Crippen LogP contribution in [-0.4, -0.2) is 6.61 Å². The van der Waals surface area contributed by atoms with Crippen molar-refractivity contribution < 1.29 is 4.74 Å². The normalized spacial score (nSPS) is 13.8. The molecule has 0 aliphatic carbocycles. The predicted molar refractivity (Wildman–Crippen MR) is 74.8 cm³/mol. The predicted octanol–water partition coefficient (Wildman–Crippen LogP) is 3.57. The second-order valence-corrected chi connectivity index (χ2v) is 4.84. The summed E-state index contributed by atoms with van der Waals surface area (Å²) in [5.41, 5.74) is 11.6. The third kappa shape index (κ3) is 1.84. The van der Waals surface area contributed by atoms with Crippen molar-refractivity contribution in [3.63, 3.8) is 0 Å². The van der Waals surface area contributed by atoms with Crippen molar-refractivity contribution in [2.45, 2.75) is 19.8 Å². The highest BCUT2D eigenvalue weighted by Crippen LogP contribution is 2.38. The Labute approximate surface area is 107 Å². The molecule has 2 aromatic rings. The Morgan fingerprint density at radius 3 is 2.83 bits per heavy atom. The number of aryl methyl sites for hydroxylation is 2. The first-order valence-corrected chi connectivity index (χ1v) is 6.37. The third-order valence-corrected chi connectivity index (χ3v) is 3.43. The Bertz CT molecular complexity index is 590. The zero-order chi connectivity index (χ0) is 12.5. The minimum absolute atomic E-state index is 0.801. The lowest BCUT2D eigenvalue weighted by atomic mass is 9.96. The van der Waals surface area contributed by atoms with Crippen LogP contribution in [0.4, 0.5) is 5.69 Å². The Morgan fingerprint density at radius 1 is 1.11 bits per heavy atom. The number of hydrogen-bond acceptors (Lipinski definition) is 2. The SMILES string of the molecule is Cc1ccc(-c2cccc3c2OCCC3)c(N)c1. The average molecular weight is 239 g/mol. The molecule has 2 nitrogen and oxygen atoms in total. The van der Waals surface area contributed by atoms with Crippen LogP contribution >= 0.6 is 0 Å². The van der Waals surface area contributed by atoms with E-state index in [4.69, 9.17) is 10.5 Å². The number of para-hydroxylation sites is 1. The van der Waals surface area contributed by atoms with Crippen LogP contribution in [0.3, 0.4) is 0 Å². The molecule has 0 aromatic heterocycles. The van der Waals surface area contributed by atoms with Gasteiger partial charge >= 0.3 is 0 Å². The minimum Gasteiger partial charge on any atom is -0.493 e. The maximum atomic E-state index is 6.13. The van der Waals surface area contributed by atoms with Crippen LogP contribution in [0.1, 0.15) is 17.5 Å². The van der Waals surface area contributed by atoms with E-state index in [-0.39, 0.29) is 0 Å². The van der Waals surface area contributed by atoms with Crippen molar-refractivity contribution in [1.82, 2.24) is 0 Å². The van der Waals surface area contributed by atoms with E-state index in [0.717, 1.165) is 42.0 Å². The van der Waals surface area contributed by atoms with E-state index >= 15 is 0 Å². The second-order valence-electron chi connectivity index (χ2n) is 4.84. The van der Waals surface area contributed by atoms with Gasteiger partial charge in [-0.25, -0.2) is 0 Å². The molecule has 0 spiro atoms. The van der Waals surface area contributed by atoms with Crippen LogP contribution in [-0.2, 0) is 6.42 Å². The number of benzene rings is 2. The lowest BCUT2D eigenvalue weighted by Gasteiger charge is -2.21. The van der Waals surface area contributed by atoms with Crippen LogP contribution < -0.4 is 10.5 Å². The van der Waals surface area contributed by atoms with Gasteiger partial charge in [-0.3, -0.25) is 0 Å². The molecule has 0 bridgehead atoms. The highest BCUT2D eigenvalue weighted by atomic mass is 16.5. The summed E-state index contributed by atoms with van der Waals surface area (Å²) in [6.07, 6.45) is 2.19. The topological polar surface area (TPSA) is 35.2 Å². The highest BCUT2D eigenvalue weighted by molar-refractivity contribution is 5.81. The van der Waals surface area contributed by atoms with Gasteiger partial charge in [-0.15, -0.1) is 0 Å². The summed E-state index contributed by atoms with van der Waals surface area (Å²) in [7, 11) is 0. The lowest BCUT2D eigenvalue weighted by molar-refractivity contribution is 0.289. The minimum atomic E-state index is 0.801. The van der Waals surface area contributed by atoms with Crippen molar-refractivity contribution in [3.05, 3.63) is 47.5 Å². The fraction of sp³-hybridized carbons (Fsp3) is 0.250. The van der Waals surface area contributed by atoms with Crippen LogP contribution in [0.15, 0.2) is 36.4 Å². The van der Waals surface area contributed by atoms with Gasteiger partial charge in [0.25, 0.3) is 0 Å². The number of nitrogen functional groups attached to an aromatic ring is 1. The quantitative estimate of drug-likeness (QED) is 0.772. The third-order valence-electron chi connectivity index (χ3n) is 3.43. The van der Waals surface area contributed by atoms with Gasteiger partial charge in [-0.05, 0) is 37.0 Å². The van der Waals surface area contributed by atoms with Gasteiger partial charge in [0, 0.05) is 16.8 Å². The molecule has 0 amide bonds. The molecule has 18 heavy (non-hydrogen) atoms. The summed E-state index contributed by atoms with van der Waals surface area (Å²) in [4.78, 5) is 0. The van der Waals surface area contributed by atoms with Gasteiger partial charge in [0.2, 0.25) is 0 Å². The van der Waals surface area contributed by atoms with E-state index < -0.39 is 0 Å². The number of hydrogen-bond donors (Lipinski definition) is 1. The first kappa shape index (κ1) is 11.1. The Kier molecular flexibility index (Phi) is 2.71. The molecule has 0 saturated carbocycles. The van der Waals surface area contributed by atoms with Crippen molar-refractivity contribution >= 4 is 5.69 Å². The number of nitrogens with two attached hydrogens (primary N) is 1. The molecule has 1 heterocycles. The molecule has 0 saturated heterocycles. The molecule has 2 aromatic carbocycles. The Balaban J connectivity index is 2.17. The molecule has 1 aliphatic rings. The average Bonchev–Trinajstić information content (AvgIpc) is 2.38. The summed E-state index contributed by atoms with van der Waals surface area (Å²) in [5, 5.41) is 0. The molecule has 0 radical (unpaired) electrons. The maximum Gasteiger partial charge on any atom is 0.130 e. The Morgan fingerprint density at radius 2 is 2.00 bits per heavy atom. The zero-order valence-electron chi connectivity index (χ0n) is 10.6. The van der Waals surface area contributed by atoms with Gasteiger partial charge in [0.05, 0.1) is 6.61 Å². The standard InChI is InChI=1S/C16H17NO/c1-11-7-8-13(15(17)10-11)14-6-2-4-12-5-3-9-18-16(12)14/h2,4,6-8,10H,3,5,9,17H2,1H3. The van der Waals surface area contributed by atoms with Gasteiger partial charge in [0.1, 0.15) is 5.75 Å². The summed E-state index contributed by atoms with van der Waals surface area (Å²) in [5.74, 6) is 1.01. The molecule has 3 rings (SSSR count). The first-order valence-electron chi connectivity index (χ1n) is 6.37. The van der Waals surface area contributed by atoms with Crippen LogP contribution in [0.5, 0.6) is 5.75 Å². The number of rotatable bonds is 1. The largest absolute Gasteiger partial charge is 0.493 e. The van der Waals surface area contributed by atoms with Crippen LogP contribution in [0.25, 0.3) is 11.1 Å². The van der Waals surface area contributed by atoms with Gasteiger partial charge in [0.15, 0.2) is 0 Å². The summed E-state index contributed by atoms with van der Waals surface area (Å²) < 4.78 is 5.84. The van der Waals surface area contributed by atoms with E-state index in [1.165, 1.54) is 11.1 Å². The molecule has 1 aliphatic heterocycles. The van der Waals surface area contributed by atoms with E-state index in [9.17, 15) is 0 Å². The fourth-order valence-corrected chi connectivity index (χ4v) is 2.53. The van der Waals surface area contributed by atoms with Crippen molar-refractivity contribution in [3.8, 4) is 16.9 Å². The summed E-state index contributed by atoms with van der Waals surface area (Å²) in [6, 6.07) is 12.5. The van der Waals surface area contributed by atoms with Gasteiger partial charge in [-0.1, -0.05) is 30.3 Å². The second kappa shape index (κ2) is 4.37. The molecule has 0 atom stereocenters. The molecular weight excluding hydrogens is 222 g/mol. The van der Waals surface area contributed by atoms with Gasteiger partial charge in [-0.2, -0.15) is 0 Å². The number of anilines is 1.